The Morgan fingerprint density at radius 1 is 1.23 bits per heavy atom. The van der Waals surface area contributed by atoms with Crippen LogP contribution >= 0.6 is 0 Å². The fourth-order valence-corrected chi connectivity index (χ4v) is 2.93. The maximum absolute atomic E-state index is 13.6. The summed E-state index contributed by atoms with van der Waals surface area (Å²) in [6.45, 7) is 5.52. The molecule has 0 saturated carbocycles. The lowest BCUT2D eigenvalue weighted by atomic mass is 10.1. The Kier molecular flexibility index (Phi) is 4.87. The second kappa shape index (κ2) is 7.10. The molecule has 6 nitrogen and oxygen atoms in total. The van der Waals surface area contributed by atoms with Crippen LogP contribution in [0, 0.1) is 17.1 Å². The average molecular weight is 353 g/mol. The zero-order valence-corrected chi connectivity index (χ0v) is 14.9. The predicted octanol–water partition coefficient (Wildman–Crippen LogP) is 3.30. The van der Waals surface area contributed by atoms with Crippen molar-refractivity contribution in [2.45, 2.75) is 39.3 Å². The first-order valence-corrected chi connectivity index (χ1v) is 8.40. The summed E-state index contributed by atoms with van der Waals surface area (Å²) in [5.41, 5.74) is 3.16. The second-order valence-corrected chi connectivity index (χ2v) is 6.46. The van der Waals surface area contributed by atoms with Crippen molar-refractivity contribution in [2.24, 2.45) is 0 Å². The van der Waals surface area contributed by atoms with Crippen LogP contribution in [0.1, 0.15) is 55.6 Å². The van der Waals surface area contributed by atoms with Gasteiger partial charge in [0, 0.05) is 24.2 Å². The largest absolute Gasteiger partial charge is 0.389 e. The van der Waals surface area contributed by atoms with E-state index in [9.17, 15) is 14.8 Å². The molecule has 0 amide bonds. The normalized spacial score (nSPS) is 12.3. The molecule has 2 heterocycles. The van der Waals surface area contributed by atoms with Gasteiger partial charge in [0.05, 0.1) is 23.2 Å². The van der Waals surface area contributed by atoms with E-state index >= 15 is 0 Å². The smallest absolute Gasteiger partial charge is 0.139 e. The lowest BCUT2D eigenvalue weighted by Crippen LogP contribution is -2.09. The van der Waals surface area contributed by atoms with Gasteiger partial charge < -0.3 is 5.11 Å². The number of rotatable bonds is 5. The second-order valence-electron chi connectivity index (χ2n) is 6.46. The van der Waals surface area contributed by atoms with Crippen LogP contribution in [0.25, 0.3) is 5.69 Å². The quantitative estimate of drug-likeness (QED) is 0.763. The molecule has 0 bridgehead atoms. The van der Waals surface area contributed by atoms with Crippen LogP contribution in [0.15, 0.2) is 36.5 Å². The Morgan fingerprint density at radius 3 is 2.62 bits per heavy atom. The van der Waals surface area contributed by atoms with Gasteiger partial charge >= 0.3 is 0 Å². The van der Waals surface area contributed by atoms with E-state index in [4.69, 9.17) is 0 Å². The van der Waals surface area contributed by atoms with E-state index in [1.165, 1.54) is 12.1 Å². The number of benzene rings is 1. The van der Waals surface area contributed by atoms with E-state index in [0.29, 0.717) is 23.4 Å². The van der Waals surface area contributed by atoms with Crippen molar-refractivity contribution < 1.29 is 9.50 Å². The molecule has 0 aliphatic heterocycles. The van der Waals surface area contributed by atoms with Crippen LogP contribution in [0.3, 0.4) is 0 Å². The van der Waals surface area contributed by atoms with Gasteiger partial charge in [0.25, 0.3) is 0 Å². The Labute approximate surface area is 151 Å². The molecular weight excluding hydrogens is 333 g/mol. The molecule has 0 radical (unpaired) electrons. The lowest BCUT2D eigenvalue weighted by Gasteiger charge is -2.14. The van der Waals surface area contributed by atoms with Crippen LogP contribution in [-0.2, 0) is 6.42 Å². The topological polar surface area (TPSA) is 79.7 Å². The Balaban J connectivity index is 2.00. The molecular formula is C19H20FN5O. The van der Waals surface area contributed by atoms with Gasteiger partial charge in [-0.05, 0) is 51.1 Å². The maximum Gasteiger partial charge on any atom is 0.139 e. The molecule has 0 saturated heterocycles. The number of nitriles is 1. The summed E-state index contributed by atoms with van der Waals surface area (Å²) in [5, 5.41) is 28.1. The first-order valence-electron chi connectivity index (χ1n) is 8.40. The number of hydrogen-bond donors (Lipinski definition) is 1. The van der Waals surface area contributed by atoms with Gasteiger partial charge in [-0.1, -0.05) is 0 Å². The molecule has 0 aliphatic carbocycles. The number of nitrogens with zero attached hydrogens (tertiary/aromatic N) is 5. The summed E-state index contributed by atoms with van der Waals surface area (Å²) in [4.78, 5) is 0. The van der Waals surface area contributed by atoms with Gasteiger partial charge in [-0.15, -0.1) is 0 Å². The zero-order valence-electron chi connectivity index (χ0n) is 14.9. The Hall–Kier alpha value is -2.98. The van der Waals surface area contributed by atoms with E-state index in [-0.39, 0.29) is 6.04 Å². The van der Waals surface area contributed by atoms with E-state index in [1.54, 1.807) is 34.6 Å². The number of aliphatic hydroxyl groups excluding tert-OH is 1. The maximum atomic E-state index is 13.6. The van der Waals surface area contributed by atoms with Crippen LogP contribution in [0.4, 0.5) is 4.39 Å². The van der Waals surface area contributed by atoms with Gasteiger partial charge in [0.2, 0.25) is 0 Å². The van der Waals surface area contributed by atoms with Gasteiger partial charge in [-0.3, -0.25) is 4.68 Å². The standard InChI is InChI=1S/C19H20FN5O/c1-12(2)24-17(11-21)10-15(23-24)9-16-6-7-22-25(16)19-5-4-14(20)8-18(19)13(3)26/h4-8,10,12-13,26H,9H2,1-3H3. The molecule has 3 aromatic rings. The molecule has 1 unspecified atom stereocenters. The molecule has 0 spiro atoms. The highest BCUT2D eigenvalue weighted by molar-refractivity contribution is 5.43. The number of aliphatic hydroxyl groups is 1. The first-order chi connectivity index (χ1) is 12.4. The summed E-state index contributed by atoms with van der Waals surface area (Å²) < 4.78 is 16.9. The van der Waals surface area contributed by atoms with Crippen molar-refractivity contribution in [1.29, 1.82) is 5.26 Å². The highest BCUT2D eigenvalue weighted by Crippen LogP contribution is 2.24. The van der Waals surface area contributed by atoms with Crippen molar-refractivity contribution in [1.82, 2.24) is 19.6 Å². The van der Waals surface area contributed by atoms with Gasteiger partial charge in [0.15, 0.2) is 0 Å². The lowest BCUT2D eigenvalue weighted by molar-refractivity contribution is 0.198. The van der Waals surface area contributed by atoms with Crippen molar-refractivity contribution in [3.05, 3.63) is 65.0 Å². The highest BCUT2D eigenvalue weighted by atomic mass is 19.1. The number of halogens is 1. The van der Waals surface area contributed by atoms with E-state index in [1.807, 2.05) is 19.9 Å². The molecule has 7 heteroatoms. The van der Waals surface area contributed by atoms with Gasteiger partial charge in [-0.25, -0.2) is 9.07 Å². The molecule has 0 aliphatic rings. The zero-order chi connectivity index (χ0) is 18.8. The molecule has 26 heavy (non-hydrogen) atoms. The SMILES string of the molecule is CC(O)c1cc(F)ccc1-n1nccc1Cc1cc(C#N)n(C(C)C)n1. The third-order valence-corrected chi connectivity index (χ3v) is 4.14. The highest BCUT2D eigenvalue weighted by Gasteiger charge is 2.16. The Bertz CT molecular complexity index is 965. The van der Waals surface area contributed by atoms with E-state index in [2.05, 4.69) is 16.3 Å². The fraction of sp³-hybridized carbons (Fsp3) is 0.316. The van der Waals surface area contributed by atoms with Gasteiger partial charge in [-0.2, -0.15) is 15.5 Å². The first kappa shape index (κ1) is 17.8. The van der Waals surface area contributed by atoms with Crippen LogP contribution in [0.2, 0.25) is 0 Å². The van der Waals surface area contributed by atoms with Crippen molar-refractivity contribution >= 4 is 0 Å². The van der Waals surface area contributed by atoms with Crippen molar-refractivity contribution in [3.8, 4) is 11.8 Å². The molecule has 1 atom stereocenters. The average Bonchev–Trinajstić information content (AvgIpc) is 3.22. The van der Waals surface area contributed by atoms with Crippen molar-refractivity contribution in [3.63, 3.8) is 0 Å². The fourth-order valence-electron chi connectivity index (χ4n) is 2.93. The predicted molar refractivity (Wildman–Crippen MR) is 94.3 cm³/mol. The van der Waals surface area contributed by atoms with Crippen LogP contribution < -0.4 is 0 Å². The molecule has 0 fully saturated rings. The summed E-state index contributed by atoms with van der Waals surface area (Å²) in [6, 6.07) is 10.1. The molecule has 2 aromatic heterocycles. The minimum Gasteiger partial charge on any atom is -0.389 e. The van der Waals surface area contributed by atoms with E-state index in [0.717, 1.165) is 11.4 Å². The molecule has 3 rings (SSSR count). The minimum atomic E-state index is -0.830. The molecule has 1 N–H and O–H groups in total. The summed E-state index contributed by atoms with van der Waals surface area (Å²) in [5.74, 6) is -0.410. The van der Waals surface area contributed by atoms with Crippen LogP contribution in [-0.4, -0.2) is 24.7 Å². The molecule has 134 valence electrons. The van der Waals surface area contributed by atoms with E-state index < -0.39 is 11.9 Å². The third kappa shape index (κ3) is 3.37. The number of hydrogen-bond acceptors (Lipinski definition) is 4. The van der Waals surface area contributed by atoms with Gasteiger partial charge in [0.1, 0.15) is 17.6 Å². The van der Waals surface area contributed by atoms with Crippen molar-refractivity contribution in [2.75, 3.05) is 0 Å². The van der Waals surface area contributed by atoms with Crippen LogP contribution in [0.5, 0.6) is 0 Å². The monoisotopic (exact) mass is 353 g/mol. The number of aromatic nitrogens is 4. The Morgan fingerprint density at radius 2 is 2.00 bits per heavy atom. The third-order valence-electron chi connectivity index (χ3n) is 4.14. The minimum absolute atomic E-state index is 0.0854. The summed E-state index contributed by atoms with van der Waals surface area (Å²) in [6.07, 6.45) is 1.28. The summed E-state index contributed by atoms with van der Waals surface area (Å²) >= 11 is 0. The summed E-state index contributed by atoms with van der Waals surface area (Å²) in [7, 11) is 0. The molecule has 1 aromatic carbocycles.